The number of aliphatic carboxylic acids is 1. The van der Waals surface area contributed by atoms with Gasteiger partial charge in [0.25, 0.3) is 0 Å². The van der Waals surface area contributed by atoms with Crippen LogP contribution in [0.25, 0.3) is 0 Å². The standard InChI is InChI=1S/C13H17NO5/c1-6-8(11(16)17)10(13(3,4)12(18)19)14(5)9(6)7(2)15/h1-5H3,(H,16,17)(H,18,19). The van der Waals surface area contributed by atoms with Crippen molar-refractivity contribution in [2.24, 2.45) is 7.05 Å². The van der Waals surface area contributed by atoms with Crippen LogP contribution in [-0.2, 0) is 17.3 Å². The predicted molar refractivity (Wildman–Crippen MR) is 67.8 cm³/mol. The smallest absolute Gasteiger partial charge is 0.337 e. The van der Waals surface area contributed by atoms with E-state index < -0.39 is 17.4 Å². The van der Waals surface area contributed by atoms with Crippen molar-refractivity contribution < 1.29 is 24.6 Å². The van der Waals surface area contributed by atoms with Crippen LogP contribution in [0.2, 0.25) is 0 Å². The first-order chi connectivity index (χ1) is 8.53. The van der Waals surface area contributed by atoms with Crippen LogP contribution in [0.4, 0.5) is 0 Å². The highest BCUT2D eigenvalue weighted by atomic mass is 16.4. The van der Waals surface area contributed by atoms with Crippen LogP contribution in [0.5, 0.6) is 0 Å². The topological polar surface area (TPSA) is 96.6 Å². The van der Waals surface area contributed by atoms with Gasteiger partial charge in [0, 0.05) is 19.7 Å². The number of ketones is 1. The number of hydrogen-bond donors (Lipinski definition) is 2. The van der Waals surface area contributed by atoms with Crippen LogP contribution in [0.3, 0.4) is 0 Å². The Morgan fingerprint density at radius 3 is 1.95 bits per heavy atom. The van der Waals surface area contributed by atoms with E-state index in [9.17, 15) is 24.6 Å². The lowest BCUT2D eigenvalue weighted by Gasteiger charge is -2.22. The van der Waals surface area contributed by atoms with E-state index >= 15 is 0 Å². The minimum Gasteiger partial charge on any atom is -0.481 e. The van der Waals surface area contributed by atoms with Crippen molar-refractivity contribution in [1.82, 2.24) is 4.57 Å². The Bertz CT molecular complexity index is 580. The molecule has 1 aromatic heterocycles. The monoisotopic (exact) mass is 267 g/mol. The molecule has 6 heteroatoms. The van der Waals surface area contributed by atoms with Crippen molar-refractivity contribution in [3.8, 4) is 0 Å². The lowest BCUT2D eigenvalue weighted by atomic mass is 9.86. The molecule has 0 spiro atoms. The van der Waals surface area contributed by atoms with Gasteiger partial charge in [-0.25, -0.2) is 4.79 Å². The van der Waals surface area contributed by atoms with E-state index in [0.29, 0.717) is 5.56 Å². The molecule has 0 amide bonds. The van der Waals surface area contributed by atoms with Gasteiger partial charge in [-0.05, 0) is 26.3 Å². The summed E-state index contributed by atoms with van der Waals surface area (Å²) >= 11 is 0. The van der Waals surface area contributed by atoms with Gasteiger partial charge >= 0.3 is 11.9 Å². The third-order valence-electron chi connectivity index (χ3n) is 3.31. The van der Waals surface area contributed by atoms with E-state index in [1.54, 1.807) is 0 Å². The number of aromatic carboxylic acids is 1. The summed E-state index contributed by atoms with van der Waals surface area (Å²) in [5.74, 6) is -2.68. The molecule has 1 aromatic rings. The number of rotatable bonds is 4. The maximum atomic E-state index is 11.6. The van der Waals surface area contributed by atoms with Gasteiger partial charge in [-0.15, -0.1) is 0 Å². The molecule has 19 heavy (non-hydrogen) atoms. The third kappa shape index (κ3) is 2.14. The molecule has 2 N–H and O–H groups in total. The fraction of sp³-hybridized carbons (Fsp3) is 0.462. The highest BCUT2D eigenvalue weighted by Gasteiger charge is 2.39. The maximum Gasteiger partial charge on any atom is 0.337 e. The molecule has 0 atom stereocenters. The van der Waals surface area contributed by atoms with Crippen LogP contribution in [0.1, 0.15) is 52.9 Å². The van der Waals surface area contributed by atoms with Crippen LogP contribution >= 0.6 is 0 Å². The van der Waals surface area contributed by atoms with Crippen molar-refractivity contribution in [1.29, 1.82) is 0 Å². The molecule has 0 aliphatic carbocycles. The van der Waals surface area contributed by atoms with Gasteiger partial charge < -0.3 is 14.8 Å². The van der Waals surface area contributed by atoms with Gasteiger partial charge in [-0.2, -0.15) is 0 Å². The van der Waals surface area contributed by atoms with E-state index in [0.717, 1.165) is 0 Å². The average Bonchev–Trinajstić information content (AvgIpc) is 2.49. The predicted octanol–water partition coefficient (Wildman–Crippen LogP) is 1.60. The molecule has 0 radical (unpaired) electrons. The van der Waals surface area contributed by atoms with E-state index in [2.05, 4.69) is 0 Å². The number of Topliss-reactive ketones (excluding diaryl/α,β-unsaturated/α-hetero) is 1. The van der Waals surface area contributed by atoms with E-state index in [4.69, 9.17) is 0 Å². The third-order valence-corrected chi connectivity index (χ3v) is 3.31. The Morgan fingerprint density at radius 1 is 1.16 bits per heavy atom. The zero-order valence-electron chi connectivity index (χ0n) is 11.6. The summed E-state index contributed by atoms with van der Waals surface area (Å²) in [5.41, 5.74) is -0.871. The van der Waals surface area contributed by atoms with E-state index in [1.165, 1.54) is 39.3 Å². The number of hydrogen-bond acceptors (Lipinski definition) is 3. The molecule has 0 unspecified atom stereocenters. The normalized spacial score (nSPS) is 11.4. The van der Waals surface area contributed by atoms with E-state index in [1.807, 2.05) is 0 Å². The maximum absolute atomic E-state index is 11.6. The second-order valence-electron chi connectivity index (χ2n) is 5.05. The number of carbonyl (C=O) groups is 3. The average molecular weight is 267 g/mol. The summed E-state index contributed by atoms with van der Waals surface area (Å²) in [5, 5.41) is 18.6. The van der Waals surface area contributed by atoms with Gasteiger partial charge in [-0.1, -0.05) is 0 Å². The first kappa shape index (κ1) is 14.9. The molecule has 0 fully saturated rings. The molecule has 0 bridgehead atoms. The van der Waals surface area contributed by atoms with Gasteiger partial charge in [0.15, 0.2) is 5.78 Å². The Morgan fingerprint density at radius 2 is 1.63 bits per heavy atom. The molecule has 0 saturated heterocycles. The fourth-order valence-electron chi connectivity index (χ4n) is 2.42. The number of nitrogens with zero attached hydrogens (tertiary/aromatic N) is 1. The molecule has 0 aromatic carbocycles. The first-order valence-corrected chi connectivity index (χ1v) is 5.70. The summed E-state index contributed by atoms with van der Waals surface area (Å²) in [4.78, 5) is 34.3. The van der Waals surface area contributed by atoms with Crippen molar-refractivity contribution >= 4 is 17.7 Å². The quantitative estimate of drug-likeness (QED) is 0.807. The highest BCUT2D eigenvalue weighted by Crippen LogP contribution is 2.32. The molecule has 6 nitrogen and oxygen atoms in total. The van der Waals surface area contributed by atoms with Crippen molar-refractivity contribution in [2.75, 3.05) is 0 Å². The van der Waals surface area contributed by atoms with Crippen LogP contribution in [-0.4, -0.2) is 32.5 Å². The molecule has 0 saturated carbocycles. The van der Waals surface area contributed by atoms with Gasteiger partial charge in [0.2, 0.25) is 0 Å². The fourth-order valence-corrected chi connectivity index (χ4v) is 2.42. The van der Waals surface area contributed by atoms with Gasteiger partial charge in [0.1, 0.15) is 5.41 Å². The molecular formula is C13H17NO5. The molecule has 0 aliphatic rings. The number of carboxylic acid groups (broad SMARTS) is 2. The Hall–Kier alpha value is -2.11. The van der Waals surface area contributed by atoms with Crippen molar-refractivity contribution in [3.63, 3.8) is 0 Å². The zero-order valence-corrected chi connectivity index (χ0v) is 11.6. The largest absolute Gasteiger partial charge is 0.481 e. The van der Waals surface area contributed by atoms with Gasteiger partial charge in [-0.3, -0.25) is 9.59 Å². The van der Waals surface area contributed by atoms with Crippen molar-refractivity contribution in [2.45, 2.75) is 33.1 Å². The van der Waals surface area contributed by atoms with Crippen LogP contribution in [0, 0.1) is 6.92 Å². The lowest BCUT2D eigenvalue weighted by molar-refractivity contribution is -0.142. The first-order valence-electron chi connectivity index (χ1n) is 5.70. The Balaban J connectivity index is 3.83. The lowest BCUT2D eigenvalue weighted by Crippen LogP contribution is -2.33. The second kappa shape index (κ2) is 4.53. The number of aromatic nitrogens is 1. The number of carbonyl (C=O) groups excluding carboxylic acids is 1. The summed E-state index contributed by atoms with van der Waals surface area (Å²) in [6.45, 7) is 5.67. The summed E-state index contributed by atoms with van der Waals surface area (Å²) in [7, 11) is 1.51. The number of carboxylic acids is 2. The highest BCUT2D eigenvalue weighted by molar-refractivity contribution is 6.01. The van der Waals surface area contributed by atoms with Crippen LogP contribution in [0.15, 0.2) is 0 Å². The van der Waals surface area contributed by atoms with Gasteiger partial charge in [0.05, 0.1) is 11.3 Å². The summed E-state index contributed by atoms with van der Waals surface area (Å²) in [6.07, 6.45) is 0. The summed E-state index contributed by atoms with van der Waals surface area (Å²) < 4.78 is 1.37. The minimum atomic E-state index is -1.40. The SMILES string of the molecule is CC(=O)c1c(C)c(C(=O)O)c(C(C)(C)C(=O)O)n1C. The Kier molecular flexibility index (Phi) is 3.56. The minimum absolute atomic E-state index is 0.111. The zero-order chi connectivity index (χ0) is 15.1. The van der Waals surface area contributed by atoms with E-state index in [-0.39, 0.29) is 22.7 Å². The Labute approximate surface area is 110 Å². The molecule has 104 valence electrons. The molecule has 0 aliphatic heterocycles. The molecule has 1 rings (SSSR count). The summed E-state index contributed by atoms with van der Waals surface area (Å²) in [6, 6.07) is 0. The second-order valence-corrected chi connectivity index (χ2v) is 5.05. The van der Waals surface area contributed by atoms with Crippen molar-refractivity contribution in [3.05, 3.63) is 22.5 Å². The molecule has 1 heterocycles. The molecular weight excluding hydrogens is 250 g/mol. The van der Waals surface area contributed by atoms with Crippen LogP contribution < -0.4 is 0 Å².